The van der Waals surface area contributed by atoms with E-state index in [-0.39, 0.29) is 11.9 Å². The molecular weight excluding hydrogens is 434 g/mol. The number of piperidine rings is 1. The first kappa shape index (κ1) is 23.6. The highest BCUT2D eigenvalue weighted by Crippen LogP contribution is 2.39. The lowest BCUT2D eigenvalue weighted by molar-refractivity contribution is 0.0660. The number of ether oxygens (including phenoxy) is 1. The van der Waals surface area contributed by atoms with Crippen LogP contribution in [0.25, 0.3) is 22.6 Å². The molecule has 5 heteroatoms. The van der Waals surface area contributed by atoms with E-state index in [1.165, 1.54) is 5.57 Å². The predicted molar refractivity (Wildman–Crippen MR) is 143 cm³/mol. The van der Waals surface area contributed by atoms with E-state index in [0.717, 1.165) is 77.8 Å². The topological polar surface area (TPSA) is 45.7 Å². The smallest absolute Gasteiger partial charge is 0.254 e. The maximum absolute atomic E-state index is 14.1. The second-order valence-corrected chi connectivity index (χ2v) is 10.2. The normalized spacial score (nSPS) is 20.1. The van der Waals surface area contributed by atoms with Crippen LogP contribution in [0.4, 0.5) is 0 Å². The van der Waals surface area contributed by atoms with Crippen molar-refractivity contribution in [1.29, 1.82) is 0 Å². The molecule has 2 aromatic carbocycles. The van der Waals surface area contributed by atoms with Crippen molar-refractivity contribution in [3.63, 3.8) is 0 Å². The summed E-state index contributed by atoms with van der Waals surface area (Å²) in [5, 5.41) is 0.967. The summed E-state index contributed by atoms with van der Waals surface area (Å²) in [5.41, 5.74) is 6.14. The molecule has 0 spiro atoms. The van der Waals surface area contributed by atoms with Gasteiger partial charge in [0.1, 0.15) is 5.75 Å². The number of hydrogen-bond donors (Lipinski definition) is 0. The van der Waals surface area contributed by atoms with E-state index < -0.39 is 0 Å². The third kappa shape index (κ3) is 4.70. The van der Waals surface area contributed by atoms with E-state index in [9.17, 15) is 4.79 Å². The van der Waals surface area contributed by atoms with E-state index >= 15 is 0 Å². The average Bonchev–Trinajstić information content (AvgIpc) is 2.87. The summed E-state index contributed by atoms with van der Waals surface area (Å²) in [6, 6.07) is 16.5. The molecule has 35 heavy (non-hydrogen) atoms. The molecule has 1 aromatic heterocycles. The van der Waals surface area contributed by atoms with Gasteiger partial charge in [0.2, 0.25) is 0 Å². The van der Waals surface area contributed by atoms with Crippen LogP contribution in [-0.4, -0.2) is 61.0 Å². The number of carbonyl (C=O) groups is 1. The lowest BCUT2D eigenvalue weighted by Crippen LogP contribution is -2.44. The Balaban J connectivity index is 1.61. The molecule has 1 saturated heterocycles. The summed E-state index contributed by atoms with van der Waals surface area (Å²) >= 11 is 0. The van der Waals surface area contributed by atoms with Crippen LogP contribution in [0.1, 0.15) is 53.4 Å². The molecule has 1 aliphatic heterocycles. The van der Waals surface area contributed by atoms with Gasteiger partial charge in [-0.05, 0) is 92.7 Å². The molecule has 0 saturated carbocycles. The molecule has 0 radical (unpaired) electrons. The van der Waals surface area contributed by atoms with Crippen molar-refractivity contribution in [1.82, 2.24) is 14.8 Å². The Kier molecular flexibility index (Phi) is 6.61. The first-order valence-electron chi connectivity index (χ1n) is 12.7. The molecule has 5 nitrogen and oxygen atoms in total. The molecule has 3 aromatic rings. The summed E-state index contributed by atoms with van der Waals surface area (Å²) in [6.45, 7) is 4.33. The first-order chi connectivity index (χ1) is 16.9. The molecule has 1 amide bonds. The van der Waals surface area contributed by atoms with Crippen LogP contribution in [0.2, 0.25) is 0 Å². The van der Waals surface area contributed by atoms with Gasteiger partial charge in [-0.15, -0.1) is 0 Å². The number of fused-ring (bicyclic) bond motifs is 2. The van der Waals surface area contributed by atoms with Gasteiger partial charge in [0.25, 0.3) is 5.91 Å². The van der Waals surface area contributed by atoms with Gasteiger partial charge in [-0.1, -0.05) is 37.3 Å². The van der Waals surface area contributed by atoms with Crippen LogP contribution < -0.4 is 4.74 Å². The summed E-state index contributed by atoms with van der Waals surface area (Å²) in [7, 11) is 5.83. The minimum Gasteiger partial charge on any atom is -0.497 e. The van der Waals surface area contributed by atoms with Crippen LogP contribution in [-0.2, 0) is 6.42 Å². The van der Waals surface area contributed by atoms with Crippen molar-refractivity contribution >= 4 is 28.5 Å². The van der Waals surface area contributed by atoms with Crippen molar-refractivity contribution in [2.45, 2.75) is 38.6 Å². The molecule has 1 fully saturated rings. The summed E-state index contributed by atoms with van der Waals surface area (Å²) in [5.74, 6) is 1.42. The Morgan fingerprint density at radius 2 is 1.80 bits per heavy atom. The Bertz CT molecular complexity index is 1260. The summed E-state index contributed by atoms with van der Waals surface area (Å²) < 4.78 is 5.32. The minimum atomic E-state index is 0.132. The number of allylic oxidation sites excluding steroid dienone is 1. The third-order valence-electron chi connectivity index (χ3n) is 7.65. The number of para-hydroxylation sites is 1. The van der Waals surface area contributed by atoms with Gasteiger partial charge in [0, 0.05) is 18.5 Å². The molecule has 1 unspecified atom stereocenters. The zero-order valence-corrected chi connectivity index (χ0v) is 21.3. The lowest BCUT2D eigenvalue weighted by atomic mass is 9.80. The number of rotatable bonds is 4. The number of likely N-dealkylation sites (tertiary alicyclic amines) is 1. The van der Waals surface area contributed by atoms with Crippen molar-refractivity contribution in [2.75, 3.05) is 34.3 Å². The fourth-order valence-corrected chi connectivity index (χ4v) is 5.61. The van der Waals surface area contributed by atoms with Crippen molar-refractivity contribution in [3.05, 3.63) is 70.9 Å². The quantitative estimate of drug-likeness (QED) is 0.504. The highest BCUT2D eigenvalue weighted by atomic mass is 16.5. The molecule has 2 aliphatic rings. The fraction of sp³-hybridized carbons (Fsp3) is 0.400. The Morgan fingerprint density at radius 3 is 2.51 bits per heavy atom. The van der Waals surface area contributed by atoms with Crippen molar-refractivity contribution in [3.8, 4) is 5.75 Å². The van der Waals surface area contributed by atoms with Gasteiger partial charge in [-0.25, -0.2) is 4.98 Å². The standard InChI is InChI=1S/C30H35N3O2/c1-20-17-22(19-21-9-11-24(35-4)12-10-21)29-26(18-20)28(25-7-5-6-8-27(25)31-29)30(34)33(3)23-13-15-32(2)16-14-23/h5-12,19-20,23H,13-18H2,1-4H3/b22-19-. The third-order valence-corrected chi connectivity index (χ3v) is 7.65. The summed E-state index contributed by atoms with van der Waals surface area (Å²) in [6.07, 6.45) is 6.08. The van der Waals surface area contributed by atoms with Crippen molar-refractivity contribution in [2.24, 2.45) is 5.92 Å². The molecule has 182 valence electrons. The van der Waals surface area contributed by atoms with Crippen LogP contribution in [0.3, 0.4) is 0 Å². The van der Waals surface area contributed by atoms with Crippen LogP contribution in [0.15, 0.2) is 48.5 Å². The molecule has 5 rings (SSSR count). The Morgan fingerprint density at radius 1 is 1.09 bits per heavy atom. The molecule has 1 aliphatic carbocycles. The van der Waals surface area contributed by atoms with Crippen LogP contribution in [0, 0.1) is 5.92 Å². The van der Waals surface area contributed by atoms with Crippen molar-refractivity contribution < 1.29 is 9.53 Å². The number of pyridine rings is 1. The number of carbonyl (C=O) groups excluding carboxylic acids is 1. The number of aromatic nitrogens is 1. The van der Waals surface area contributed by atoms with Crippen LogP contribution in [0.5, 0.6) is 5.75 Å². The average molecular weight is 470 g/mol. The summed E-state index contributed by atoms with van der Waals surface area (Å²) in [4.78, 5) is 23.6. The second kappa shape index (κ2) is 9.82. The van der Waals surface area contributed by atoms with Gasteiger partial charge < -0.3 is 14.5 Å². The zero-order valence-electron chi connectivity index (χ0n) is 21.3. The Hall–Kier alpha value is -3.18. The van der Waals surface area contributed by atoms with E-state index in [1.807, 2.05) is 42.3 Å². The maximum atomic E-state index is 14.1. The monoisotopic (exact) mass is 469 g/mol. The SMILES string of the molecule is COc1ccc(/C=C2/CC(C)Cc3c2nc2ccccc2c3C(=O)N(C)C2CCN(C)CC2)cc1. The lowest BCUT2D eigenvalue weighted by Gasteiger charge is -2.36. The van der Waals surface area contributed by atoms with Gasteiger partial charge in [-0.3, -0.25) is 4.79 Å². The van der Waals surface area contributed by atoms with Gasteiger partial charge in [-0.2, -0.15) is 0 Å². The van der Waals surface area contributed by atoms with E-state index in [2.05, 4.69) is 43.1 Å². The molecule has 1 atom stereocenters. The minimum absolute atomic E-state index is 0.132. The molecular formula is C30H35N3O2. The van der Waals surface area contributed by atoms with Crippen LogP contribution >= 0.6 is 0 Å². The number of benzene rings is 2. The highest BCUT2D eigenvalue weighted by Gasteiger charge is 2.32. The fourth-order valence-electron chi connectivity index (χ4n) is 5.61. The Labute approximate surface area is 208 Å². The highest BCUT2D eigenvalue weighted by molar-refractivity contribution is 6.09. The number of methoxy groups -OCH3 is 1. The number of hydrogen-bond acceptors (Lipinski definition) is 4. The zero-order chi connectivity index (χ0) is 24.5. The van der Waals surface area contributed by atoms with Gasteiger partial charge in [0.05, 0.1) is 23.9 Å². The van der Waals surface area contributed by atoms with Gasteiger partial charge in [0.15, 0.2) is 0 Å². The predicted octanol–water partition coefficient (Wildman–Crippen LogP) is 5.53. The second-order valence-electron chi connectivity index (χ2n) is 10.2. The first-order valence-corrected chi connectivity index (χ1v) is 12.7. The maximum Gasteiger partial charge on any atom is 0.254 e. The largest absolute Gasteiger partial charge is 0.497 e. The van der Waals surface area contributed by atoms with E-state index in [4.69, 9.17) is 9.72 Å². The van der Waals surface area contributed by atoms with E-state index in [0.29, 0.717) is 5.92 Å². The van der Waals surface area contributed by atoms with Gasteiger partial charge >= 0.3 is 0 Å². The molecule has 2 heterocycles. The number of nitrogens with zero attached hydrogens (tertiary/aromatic N) is 3. The number of amides is 1. The molecule has 0 N–H and O–H groups in total. The van der Waals surface area contributed by atoms with E-state index in [1.54, 1.807) is 7.11 Å². The molecule has 0 bridgehead atoms.